The van der Waals surface area contributed by atoms with Crippen molar-refractivity contribution in [2.45, 2.75) is 45.2 Å². The zero-order chi connectivity index (χ0) is 13.3. The Hall–Kier alpha value is -0.580. The van der Waals surface area contributed by atoms with Crippen molar-refractivity contribution in [1.29, 1.82) is 0 Å². The first-order valence-corrected chi connectivity index (χ1v) is 7.45. The molecule has 1 aliphatic carbocycles. The third-order valence-corrected chi connectivity index (χ3v) is 4.74. The van der Waals surface area contributed by atoms with Gasteiger partial charge in [0, 0.05) is 10.9 Å². The maximum atomic E-state index is 11.2. The van der Waals surface area contributed by atoms with Crippen LogP contribution in [0.3, 0.4) is 0 Å². The zero-order valence-corrected chi connectivity index (χ0v) is 12.1. The first-order chi connectivity index (χ1) is 8.49. The lowest BCUT2D eigenvalue weighted by Gasteiger charge is -2.28. The van der Waals surface area contributed by atoms with Gasteiger partial charge in [-0.1, -0.05) is 25.4 Å². The third kappa shape index (κ3) is 2.87. The molecule has 1 aliphatic rings. The largest absolute Gasteiger partial charge is 0.480 e. The molecule has 1 heterocycles. The average Bonchev–Trinajstić information content (AvgIpc) is 2.65. The molecule has 0 amide bonds. The molecule has 0 radical (unpaired) electrons. The predicted molar refractivity (Wildman–Crippen MR) is 74.4 cm³/mol. The van der Waals surface area contributed by atoms with E-state index in [0.29, 0.717) is 0 Å². The number of aliphatic carboxylic acids is 1. The van der Waals surface area contributed by atoms with Crippen LogP contribution in [0.25, 0.3) is 0 Å². The van der Waals surface area contributed by atoms with E-state index in [2.05, 4.69) is 5.32 Å². The molecule has 0 aliphatic heterocycles. The predicted octanol–water partition coefficient (Wildman–Crippen LogP) is 3.48. The van der Waals surface area contributed by atoms with Gasteiger partial charge < -0.3 is 5.11 Å². The number of fused-ring (bicyclic) bond motifs is 1. The van der Waals surface area contributed by atoms with Crippen molar-refractivity contribution in [3.8, 4) is 0 Å². The number of halogens is 1. The van der Waals surface area contributed by atoms with E-state index >= 15 is 0 Å². The average molecular weight is 288 g/mol. The molecule has 0 saturated carbocycles. The van der Waals surface area contributed by atoms with E-state index in [1.807, 2.05) is 19.9 Å². The van der Waals surface area contributed by atoms with Gasteiger partial charge in [0.25, 0.3) is 0 Å². The van der Waals surface area contributed by atoms with E-state index in [1.54, 1.807) is 11.3 Å². The van der Waals surface area contributed by atoms with Crippen LogP contribution in [0.1, 0.15) is 43.2 Å². The highest BCUT2D eigenvalue weighted by Gasteiger charge is 2.29. The van der Waals surface area contributed by atoms with Gasteiger partial charge in [-0.05, 0) is 36.8 Å². The van der Waals surface area contributed by atoms with Gasteiger partial charge in [0.1, 0.15) is 6.04 Å². The van der Waals surface area contributed by atoms with E-state index in [-0.39, 0.29) is 12.0 Å². The van der Waals surface area contributed by atoms with Crippen molar-refractivity contribution in [3.05, 3.63) is 20.8 Å². The first-order valence-electron chi connectivity index (χ1n) is 6.26. The third-order valence-electron chi connectivity index (χ3n) is 3.40. The Morgan fingerprint density at radius 1 is 1.61 bits per heavy atom. The standard InChI is InChI=1S/C13H18ClNO2S/c1-7(2)12(13(16)17)15-9-4-3-5-10-8(9)6-11(14)18-10/h6-7,9,12,15H,3-5H2,1-2H3,(H,16,17). The molecular weight excluding hydrogens is 270 g/mol. The lowest BCUT2D eigenvalue weighted by molar-refractivity contribution is -0.141. The van der Waals surface area contributed by atoms with Crippen LogP contribution in [-0.4, -0.2) is 17.1 Å². The number of aryl methyl sites for hydroxylation is 1. The molecule has 1 aromatic rings. The maximum Gasteiger partial charge on any atom is 0.320 e. The van der Waals surface area contributed by atoms with Crippen molar-refractivity contribution >= 4 is 28.9 Å². The number of carboxylic acid groups (broad SMARTS) is 1. The number of rotatable bonds is 4. The second-order valence-corrected chi connectivity index (χ2v) is 6.87. The highest BCUT2D eigenvalue weighted by atomic mass is 35.5. The molecule has 3 nitrogen and oxygen atoms in total. The van der Waals surface area contributed by atoms with E-state index in [4.69, 9.17) is 11.6 Å². The first kappa shape index (κ1) is 13.8. The Kier molecular flexibility index (Phi) is 4.30. The summed E-state index contributed by atoms with van der Waals surface area (Å²) in [6.45, 7) is 3.85. The van der Waals surface area contributed by atoms with Crippen LogP contribution in [0, 0.1) is 5.92 Å². The Labute approximate surface area is 116 Å². The SMILES string of the molecule is CC(C)C(NC1CCCc2sc(Cl)cc21)C(=O)O. The number of hydrogen-bond acceptors (Lipinski definition) is 3. The summed E-state index contributed by atoms with van der Waals surface area (Å²) in [4.78, 5) is 12.5. The molecule has 0 bridgehead atoms. The number of carboxylic acids is 1. The fourth-order valence-electron chi connectivity index (χ4n) is 2.46. The highest BCUT2D eigenvalue weighted by Crippen LogP contribution is 2.38. The molecule has 100 valence electrons. The quantitative estimate of drug-likeness (QED) is 0.891. The Morgan fingerprint density at radius 2 is 2.33 bits per heavy atom. The number of thiophene rings is 1. The second-order valence-electron chi connectivity index (χ2n) is 5.10. The molecule has 0 aromatic carbocycles. The summed E-state index contributed by atoms with van der Waals surface area (Å²) in [6, 6.07) is 1.61. The molecule has 2 rings (SSSR count). The molecule has 2 N–H and O–H groups in total. The molecule has 18 heavy (non-hydrogen) atoms. The fraction of sp³-hybridized carbons (Fsp3) is 0.615. The molecule has 1 aromatic heterocycles. The molecular formula is C13H18ClNO2S. The van der Waals surface area contributed by atoms with Gasteiger partial charge in [-0.3, -0.25) is 10.1 Å². The summed E-state index contributed by atoms with van der Waals surface area (Å²) in [5.41, 5.74) is 1.20. The second kappa shape index (κ2) is 5.59. The topological polar surface area (TPSA) is 49.3 Å². The fourth-order valence-corrected chi connectivity index (χ4v) is 3.84. The van der Waals surface area contributed by atoms with Crippen LogP contribution < -0.4 is 5.32 Å². The zero-order valence-electron chi connectivity index (χ0n) is 10.6. The minimum Gasteiger partial charge on any atom is -0.480 e. The molecule has 2 atom stereocenters. The van der Waals surface area contributed by atoms with Crippen LogP contribution >= 0.6 is 22.9 Å². The van der Waals surface area contributed by atoms with Crippen LogP contribution in [0.2, 0.25) is 4.34 Å². The highest BCUT2D eigenvalue weighted by molar-refractivity contribution is 7.16. The molecule has 0 fully saturated rings. The minimum atomic E-state index is -0.779. The van der Waals surface area contributed by atoms with Crippen molar-refractivity contribution < 1.29 is 9.90 Å². The van der Waals surface area contributed by atoms with Crippen LogP contribution in [0.5, 0.6) is 0 Å². The van der Waals surface area contributed by atoms with Gasteiger partial charge in [0.05, 0.1) is 4.34 Å². The maximum absolute atomic E-state index is 11.2. The summed E-state index contributed by atoms with van der Waals surface area (Å²) in [7, 11) is 0. The van der Waals surface area contributed by atoms with Gasteiger partial charge in [-0.25, -0.2) is 0 Å². The normalized spacial score (nSPS) is 20.8. The summed E-state index contributed by atoms with van der Waals surface area (Å²) in [6.07, 6.45) is 3.13. The van der Waals surface area contributed by atoms with Gasteiger partial charge in [-0.2, -0.15) is 0 Å². The Bertz CT molecular complexity index is 444. The van der Waals surface area contributed by atoms with Crippen LogP contribution in [-0.2, 0) is 11.2 Å². The number of carbonyl (C=O) groups is 1. The smallest absolute Gasteiger partial charge is 0.320 e. The van der Waals surface area contributed by atoms with Gasteiger partial charge >= 0.3 is 5.97 Å². The van der Waals surface area contributed by atoms with Gasteiger partial charge in [0.2, 0.25) is 0 Å². The van der Waals surface area contributed by atoms with Crippen LogP contribution in [0.4, 0.5) is 0 Å². The van der Waals surface area contributed by atoms with Crippen LogP contribution in [0.15, 0.2) is 6.07 Å². The van der Waals surface area contributed by atoms with Crippen molar-refractivity contribution in [2.24, 2.45) is 5.92 Å². The van der Waals surface area contributed by atoms with Crippen molar-refractivity contribution in [3.63, 3.8) is 0 Å². The monoisotopic (exact) mass is 287 g/mol. The van der Waals surface area contributed by atoms with Gasteiger partial charge in [-0.15, -0.1) is 11.3 Å². The van der Waals surface area contributed by atoms with E-state index < -0.39 is 12.0 Å². The van der Waals surface area contributed by atoms with E-state index in [1.165, 1.54) is 10.4 Å². The Morgan fingerprint density at radius 3 is 2.94 bits per heavy atom. The summed E-state index contributed by atoms with van der Waals surface area (Å²) < 4.78 is 0.796. The molecule has 2 unspecified atom stereocenters. The number of nitrogens with one attached hydrogen (secondary N) is 1. The lowest BCUT2D eigenvalue weighted by atomic mass is 9.92. The summed E-state index contributed by atoms with van der Waals surface area (Å²) in [5.74, 6) is -0.708. The number of hydrogen-bond donors (Lipinski definition) is 2. The molecule has 5 heteroatoms. The van der Waals surface area contributed by atoms with Crippen molar-refractivity contribution in [2.75, 3.05) is 0 Å². The lowest BCUT2D eigenvalue weighted by Crippen LogP contribution is -2.43. The molecule has 0 spiro atoms. The van der Waals surface area contributed by atoms with Gasteiger partial charge in [0.15, 0.2) is 0 Å². The summed E-state index contributed by atoms with van der Waals surface area (Å²) >= 11 is 7.67. The van der Waals surface area contributed by atoms with Crippen molar-refractivity contribution in [1.82, 2.24) is 5.32 Å². The summed E-state index contributed by atoms with van der Waals surface area (Å²) in [5, 5.41) is 12.5. The minimum absolute atomic E-state index is 0.0713. The van der Waals surface area contributed by atoms with E-state index in [0.717, 1.165) is 23.6 Å². The Balaban J connectivity index is 2.17. The molecule has 0 saturated heterocycles. The van der Waals surface area contributed by atoms with E-state index in [9.17, 15) is 9.90 Å².